The van der Waals surface area contributed by atoms with Crippen LogP contribution < -0.4 is 10.5 Å². The number of methoxy groups -OCH3 is 1. The normalized spacial score (nSPS) is 13.9. The van der Waals surface area contributed by atoms with Crippen LogP contribution in [0, 0.1) is 13.8 Å². The van der Waals surface area contributed by atoms with Gasteiger partial charge in [-0.2, -0.15) is 0 Å². The molecule has 0 saturated carbocycles. The molecule has 0 amide bonds. The van der Waals surface area contributed by atoms with E-state index in [2.05, 4.69) is 32.0 Å². The fraction of sp³-hybridized carbons (Fsp3) is 0.294. The standard InChI is InChI=1S/C17H21NO/c1-12-8-9-15(10-13(12)2)17(3,18)14-6-5-7-16(11-14)19-4/h5-11H,18H2,1-4H3. The summed E-state index contributed by atoms with van der Waals surface area (Å²) in [7, 11) is 1.67. The highest BCUT2D eigenvalue weighted by atomic mass is 16.5. The molecule has 0 bridgehead atoms. The minimum absolute atomic E-state index is 0.521. The van der Waals surface area contributed by atoms with Gasteiger partial charge >= 0.3 is 0 Å². The summed E-state index contributed by atoms with van der Waals surface area (Å²) < 4.78 is 5.27. The summed E-state index contributed by atoms with van der Waals surface area (Å²) in [6, 6.07) is 14.3. The lowest BCUT2D eigenvalue weighted by atomic mass is 9.84. The summed E-state index contributed by atoms with van der Waals surface area (Å²) >= 11 is 0. The molecule has 100 valence electrons. The number of rotatable bonds is 3. The Morgan fingerprint density at radius 1 is 0.947 bits per heavy atom. The van der Waals surface area contributed by atoms with Crippen LogP contribution in [0.1, 0.15) is 29.2 Å². The Balaban J connectivity index is 2.47. The molecule has 1 atom stereocenters. The van der Waals surface area contributed by atoms with Crippen LogP contribution in [-0.4, -0.2) is 7.11 Å². The van der Waals surface area contributed by atoms with Crippen molar-refractivity contribution < 1.29 is 4.74 Å². The predicted octanol–water partition coefficient (Wildman–Crippen LogP) is 3.53. The highest BCUT2D eigenvalue weighted by molar-refractivity contribution is 5.43. The third-order valence-electron chi connectivity index (χ3n) is 3.78. The molecular formula is C17H21NO. The minimum atomic E-state index is -0.521. The van der Waals surface area contributed by atoms with Gasteiger partial charge in [0.05, 0.1) is 12.6 Å². The second kappa shape index (κ2) is 5.06. The van der Waals surface area contributed by atoms with E-state index in [1.165, 1.54) is 11.1 Å². The van der Waals surface area contributed by atoms with Crippen molar-refractivity contribution in [1.82, 2.24) is 0 Å². The van der Waals surface area contributed by atoms with Gasteiger partial charge in [-0.25, -0.2) is 0 Å². The van der Waals surface area contributed by atoms with E-state index in [-0.39, 0.29) is 0 Å². The van der Waals surface area contributed by atoms with Crippen LogP contribution in [0.5, 0.6) is 5.75 Å². The summed E-state index contributed by atoms with van der Waals surface area (Å²) in [4.78, 5) is 0. The van der Waals surface area contributed by atoms with Crippen molar-refractivity contribution in [2.45, 2.75) is 26.3 Å². The van der Waals surface area contributed by atoms with Crippen LogP contribution in [0.3, 0.4) is 0 Å². The summed E-state index contributed by atoms with van der Waals surface area (Å²) in [5, 5.41) is 0. The van der Waals surface area contributed by atoms with Crippen molar-refractivity contribution in [2.75, 3.05) is 7.11 Å². The smallest absolute Gasteiger partial charge is 0.119 e. The molecule has 0 aromatic heterocycles. The number of aryl methyl sites for hydroxylation is 2. The highest BCUT2D eigenvalue weighted by Gasteiger charge is 2.24. The molecule has 0 fully saturated rings. The Morgan fingerprint density at radius 3 is 2.26 bits per heavy atom. The maximum atomic E-state index is 6.55. The van der Waals surface area contributed by atoms with Gasteiger partial charge < -0.3 is 10.5 Å². The first-order valence-corrected chi connectivity index (χ1v) is 6.46. The number of hydrogen-bond acceptors (Lipinski definition) is 2. The Bertz CT molecular complexity index is 588. The molecule has 0 aliphatic heterocycles. The maximum Gasteiger partial charge on any atom is 0.119 e. The van der Waals surface area contributed by atoms with E-state index in [0.29, 0.717) is 0 Å². The topological polar surface area (TPSA) is 35.2 Å². The first kappa shape index (κ1) is 13.6. The van der Waals surface area contributed by atoms with Gasteiger partial charge in [-0.05, 0) is 55.2 Å². The van der Waals surface area contributed by atoms with E-state index in [9.17, 15) is 0 Å². The Morgan fingerprint density at radius 2 is 1.63 bits per heavy atom. The molecule has 2 N–H and O–H groups in total. The largest absolute Gasteiger partial charge is 0.497 e. The molecular weight excluding hydrogens is 234 g/mol. The zero-order valence-electron chi connectivity index (χ0n) is 12.0. The van der Waals surface area contributed by atoms with Gasteiger partial charge in [-0.3, -0.25) is 0 Å². The molecule has 0 radical (unpaired) electrons. The molecule has 2 nitrogen and oxygen atoms in total. The fourth-order valence-corrected chi connectivity index (χ4v) is 2.18. The van der Waals surface area contributed by atoms with Crippen molar-refractivity contribution in [3.8, 4) is 5.75 Å². The summed E-state index contributed by atoms with van der Waals surface area (Å²) in [5.74, 6) is 0.831. The number of benzene rings is 2. The maximum absolute atomic E-state index is 6.55. The zero-order valence-corrected chi connectivity index (χ0v) is 12.0. The van der Waals surface area contributed by atoms with Crippen LogP contribution in [0.15, 0.2) is 42.5 Å². The lowest BCUT2D eigenvalue weighted by Gasteiger charge is -2.27. The fourth-order valence-electron chi connectivity index (χ4n) is 2.18. The minimum Gasteiger partial charge on any atom is -0.497 e. The Labute approximate surface area is 115 Å². The van der Waals surface area contributed by atoms with Crippen molar-refractivity contribution >= 4 is 0 Å². The molecule has 0 aliphatic rings. The number of hydrogen-bond donors (Lipinski definition) is 1. The third kappa shape index (κ3) is 2.64. The quantitative estimate of drug-likeness (QED) is 0.910. The number of ether oxygens (including phenoxy) is 1. The molecule has 0 heterocycles. The van der Waals surface area contributed by atoms with E-state index in [1.54, 1.807) is 7.11 Å². The summed E-state index contributed by atoms with van der Waals surface area (Å²) in [6.45, 7) is 6.25. The van der Waals surface area contributed by atoms with E-state index in [1.807, 2.05) is 31.2 Å². The van der Waals surface area contributed by atoms with Crippen molar-refractivity contribution in [2.24, 2.45) is 5.73 Å². The molecule has 2 aromatic carbocycles. The lowest BCUT2D eigenvalue weighted by Crippen LogP contribution is -2.34. The van der Waals surface area contributed by atoms with Crippen LogP contribution in [0.4, 0.5) is 0 Å². The second-order valence-electron chi connectivity index (χ2n) is 5.23. The van der Waals surface area contributed by atoms with E-state index < -0.39 is 5.54 Å². The molecule has 0 saturated heterocycles. The summed E-state index contributed by atoms with van der Waals surface area (Å²) in [6.07, 6.45) is 0. The van der Waals surface area contributed by atoms with Gasteiger partial charge in [0.15, 0.2) is 0 Å². The molecule has 1 unspecified atom stereocenters. The first-order chi connectivity index (χ1) is 8.95. The number of nitrogens with two attached hydrogens (primary N) is 1. The van der Waals surface area contributed by atoms with E-state index in [0.717, 1.165) is 16.9 Å². The van der Waals surface area contributed by atoms with Crippen LogP contribution >= 0.6 is 0 Å². The molecule has 2 heteroatoms. The average Bonchev–Trinajstić information content (AvgIpc) is 2.41. The van der Waals surface area contributed by atoms with Gasteiger partial charge in [0.2, 0.25) is 0 Å². The molecule has 2 rings (SSSR count). The molecule has 0 aliphatic carbocycles. The van der Waals surface area contributed by atoms with Gasteiger partial charge in [0, 0.05) is 0 Å². The molecule has 19 heavy (non-hydrogen) atoms. The van der Waals surface area contributed by atoms with Crippen LogP contribution in [-0.2, 0) is 5.54 Å². The van der Waals surface area contributed by atoms with Crippen LogP contribution in [0.2, 0.25) is 0 Å². The third-order valence-corrected chi connectivity index (χ3v) is 3.78. The highest BCUT2D eigenvalue weighted by Crippen LogP contribution is 2.29. The monoisotopic (exact) mass is 255 g/mol. The Kier molecular flexibility index (Phi) is 3.63. The molecule has 2 aromatic rings. The van der Waals surface area contributed by atoms with Crippen molar-refractivity contribution in [3.63, 3.8) is 0 Å². The van der Waals surface area contributed by atoms with Gasteiger partial charge in [0.1, 0.15) is 5.75 Å². The summed E-state index contributed by atoms with van der Waals surface area (Å²) in [5.41, 5.74) is 10.7. The average molecular weight is 255 g/mol. The molecule has 0 spiro atoms. The van der Waals surface area contributed by atoms with Gasteiger partial charge in [-0.15, -0.1) is 0 Å². The van der Waals surface area contributed by atoms with E-state index >= 15 is 0 Å². The van der Waals surface area contributed by atoms with Crippen molar-refractivity contribution in [1.29, 1.82) is 0 Å². The predicted molar refractivity (Wildman–Crippen MR) is 79.6 cm³/mol. The first-order valence-electron chi connectivity index (χ1n) is 6.46. The lowest BCUT2D eigenvalue weighted by molar-refractivity contribution is 0.413. The van der Waals surface area contributed by atoms with Gasteiger partial charge in [-0.1, -0.05) is 30.3 Å². The Hall–Kier alpha value is -1.80. The van der Waals surface area contributed by atoms with Gasteiger partial charge in [0.25, 0.3) is 0 Å². The SMILES string of the molecule is COc1cccc(C(C)(N)c2ccc(C)c(C)c2)c1. The van der Waals surface area contributed by atoms with Crippen molar-refractivity contribution in [3.05, 3.63) is 64.7 Å². The second-order valence-corrected chi connectivity index (χ2v) is 5.23. The van der Waals surface area contributed by atoms with E-state index in [4.69, 9.17) is 10.5 Å². The zero-order chi connectivity index (χ0) is 14.0. The van der Waals surface area contributed by atoms with Crippen LogP contribution in [0.25, 0.3) is 0 Å².